The lowest BCUT2D eigenvalue weighted by atomic mass is 10.1. The average Bonchev–Trinajstić information content (AvgIpc) is 2.45. The fourth-order valence-corrected chi connectivity index (χ4v) is 2.45. The summed E-state index contributed by atoms with van der Waals surface area (Å²) in [5.41, 5.74) is 0.511. The molecular weight excluding hydrogens is 287 g/mol. The molecule has 1 aromatic heterocycles. The summed E-state index contributed by atoms with van der Waals surface area (Å²) in [5.74, 6) is 0.467. The molecule has 0 unspecified atom stereocenters. The van der Waals surface area contributed by atoms with Gasteiger partial charge in [0.25, 0.3) is 5.91 Å². The fraction of sp³-hybridized carbons (Fsp3) is 0.538. The minimum atomic E-state index is -0.0387. The number of hydrogen-bond acceptors (Lipinski definition) is 3. The van der Waals surface area contributed by atoms with E-state index in [1.165, 1.54) is 6.20 Å². The molecule has 0 saturated carbocycles. The fourth-order valence-electron chi connectivity index (χ4n) is 2.16. The Kier molecular flexibility index (Phi) is 5.43. The van der Waals surface area contributed by atoms with Crippen molar-refractivity contribution in [2.75, 3.05) is 25.6 Å². The normalized spacial score (nSPS) is 16.6. The second-order valence-corrected chi connectivity index (χ2v) is 5.19. The largest absolute Gasteiger partial charge is 0.377 e. The van der Waals surface area contributed by atoms with Gasteiger partial charge in [-0.1, -0.05) is 11.6 Å². The van der Waals surface area contributed by atoms with Crippen LogP contribution in [0.15, 0.2) is 18.5 Å². The van der Waals surface area contributed by atoms with Crippen molar-refractivity contribution < 1.29 is 9.53 Å². The van der Waals surface area contributed by atoms with Gasteiger partial charge in [-0.25, -0.2) is 0 Å². The molecule has 0 spiro atoms. The number of halogens is 2. The van der Waals surface area contributed by atoms with Crippen LogP contribution in [-0.2, 0) is 4.74 Å². The quantitative estimate of drug-likeness (QED) is 0.803. The van der Waals surface area contributed by atoms with Gasteiger partial charge in [0.1, 0.15) is 0 Å². The molecule has 0 aromatic carbocycles. The highest BCUT2D eigenvalue weighted by Crippen LogP contribution is 2.20. The van der Waals surface area contributed by atoms with Gasteiger partial charge in [0.05, 0.1) is 23.3 Å². The molecule has 6 heteroatoms. The van der Waals surface area contributed by atoms with Gasteiger partial charge in [-0.05, 0) is 18.9 Å². The summed E-state index contributed by atoms with van der Waals surface area (Å²) in [5, 5.41) is 0.396. The lowest BCUT2D eigenvalue weighted by Gasteiger charge is -2.32. The number of alkyl halides is 1. The van der Waals surface area contributed by atoms with E-state index in [0.29, 0.717) is 36.2 Å². The third kappa shape index (κ3) is 3.81. The zero-order chi connectivity index (χ0) is 13.7. The van der Waals surface area contributed by atoms with Crippen LogP contribution in [0.4, 0.5) is 0 Å². The monoisotopic (exact) mass is 302 g/mol. The van der Waals surface area contributed by atoms with E-state index < -0.39 is 0 Å². The van der Waals surface area contributed by atoms with Gasteiger partial charge in [-0.2, -0.15) is 0 Å². The molecular formula is C13H16Cl2N2O2. The molecule has 0 bridgehead atoms. The van der Waals surface area contributed by atoms with E-state index in [9.17, 15) is 4.79 Å². The van der Waals surface area contributed by atoms with Crippen LogP contribution in [0.25, 0.3) is 0 Å². The van der Waals surface area contributed by atoms with Gasteiger partial charge in [-0.15, -0.1) is 11.6 Å². The van der Waals surface area contributed by atoms with Crippen LogP contribution in [0.2, 0.25) is 5.02 Å². The van der Waals surface area contributed by atoms with Crippen molar-refractivity contribution in [1.29, 1.82) is 0 Å². The predicted octanol–water partition coefficient (Wildman–Crippen LogP) is 2.60. The number of likely N-dealkylation sites (tertiary alicyclic amines) is 1. The first-order valence-electron chi connectivity index (χ1n) is 6.28. The zero-order valence-corrected chi connectivity index (χ0v) is 12.0. The van der Waals surface area contributed by atoms with Gasteiger partial charge in [0.2, 0.25) is 0 Å². The molecule has 104 valence electrons. The maximum absolute atomic E-state index is 12.3. The SMILES string of the molecule is O=C(c1ccncc1Cl)N1CCC(OCCCl)CC1. The Bertz CT molecular complexity index is 434. The molecule has 2 rings (SSSR count). The molecule has 1 aliphatic heterocycles. The first-order valence-corrected chi connectivity index (χ1v) is 7.20. The van der Waals surface area contributed by atoms with E-state index in [2.05, 4.69) is 4.98 Å². The van der Waals surface area contributed by atoms with E-state index >= 15 is 0 Å². The molecule has 4 nitrogen and oxygen atoms in total. The number of ether oxygens (including phenoxy) is 1. The zero-order valence-electron chi connectivity index (χ0n) is 10.5. The summed E-state index contributed by atoms with van der Waals surface area (Å²) in [6.45, 7) is 1.94. The number of pyridine rings is 1. The van der Waals surface area contributed by atoms with E-state index in [-0.39, 0.29) is 12.0 Å². The molecule has 0 radical (unpaired) electrons. The van der Waals surface area contributed by atoms with Crippen LogP contribution in [0.5, 0.6) is 0 Å². The molecule has 1 amide bonds. The summed E-state index contributed by atoms with van der Waals surface area (Å²) in [6.07, 6.45) is 4.95. The maximum Gasteiger partial charge on any atom is 0.255 e. The second kappa shape index (κ2) is 7.08. The Morgan fingerprint density at radius 3 is 2.84 bits per heavy atom. The van der Waals surface area contributed by atoms with Gasteiger partial charge in [0.15, 0.2) is 0 Å². The van der Waals surface area contributed by atoms with Crippen LogP contribution in [0.1, 0.15) is 23.2 Å². The Labute approximate surface area is 122 Å². The summed E-state index contributed by atoms with van der Waals surface area (Å²) >= 11 is 11.6. The minimum absolute atomic E-state index is 0.0387. The number of carbonyl (C=O) groups excluding carboxylic acids is 1. The van der Waals surface area contributed by atoms with E-state index in [1.54, 1.807) is 12.3 Å². The highest BCUT2D eigenvalue weighted by Gasteiger charge is 2.25. The number of hydrogen-bond donors (Lipinski definition) is 0. The topological polar surface area (TPSA) is 42.4 Å². The summed E-state index contributed by atoms with van der Waals surface area (Å²) in [6, 6.07) is 1.65. The number of carbonyl (C=O) groups is 1. The van der Waals surface area contributed by atoms with Gasteiger partial charge in [-0.3, -0.25) is 9.78 Å². The van der Waals surface area contributed by atoms with Crippen molar-refractivity contribution in [2.24, 2.45) is 0 Å². The van der Waals surface area contributed by atoms with Gasteiger partial charge < -0.3 is 9.64 Å². The third-order valence-electron chi connectivity index (χ3n) is 3.16. The Morgan fingerprint density at radius 2 is 2.21 bits per heavy atom. The Hall–Kier alpha value is -0.840. The van der Waals surface area contributed by atoms with E-state index in [4.69, 9.17) is 27.9 Å². The molecule has 0 atom stereocenters. The first kappa shape index (κ1) is 14.6. The van der Waals surface area contributed by atoms with Crippen molar-refractivity contribution in [1.82, 2.24) is 9.88 Å². The first-order chi connectivity index (χ1) is 9.22. The number of piperidine rings is 1. The smallest absolute Gasteiger partial charge is 0.255 e. The van der Waals surface area contributed by atoms with Gasteiger partial charge >= 0.3 is 0 Å². The molecule has 19 heavy (non-hydrogen) atoms. The van der Waals surface area contributed by atoms with Crippen molar-refractivity contribution in [2.45, 2.75) is 18.9 Å². The Morgan fingerprint density at radius 1 is 1.47 bits per heavy atom. The average molecular weight is 303 g/mol. The maximum atomic E-state index is 12.3. The molecule has 1 aromatic rings. The highest BCUT2D eigenvalue weighted by molar-refractivity contribution is 6.33. The predicted molar refractivity (Wildman–Crippen MR) is 74.8 cm³/mol. The van der Waals surface area contributed by atoms with Crippen LogP contribution < -0.4 is 0 Å². The summed E-state index contributed by atoms with van der Waals surface area (Å²) < 4.78 is 5.58. The summed E-state index contributed by atoms with van der Waals surface area (Å²) in [4.78, 5) is 18.0. The number of amides is 1. The lowest BCUT2D eigenvalue weighted by Crippen LogP contribution is -2.41. The van der Waals surface area contributed by atoms with E-state index in [1.807, 2.05) is 4.90 Å². The lowest BCUT2D eigenvalue weighted by molar-refractivity contribution is 0.0154. The van der Waals surface area contributed by atoms with Crippen molar-refractivity contribution in [3.8, 4) is 0 Å². The van der Waals surface area contributed by atoms with Gasteiger partial charge in [0, 0.05) is 31.4 Å². The number of nitrogens with zero attached hydrogens (tertiary/aromatic N) is 2. The highest BCUT2D eigenvalue weighted by atomic mass is 35.5. The molecule has 0 N–H and O–H groups in total. The third-order valence-corrected chi connectivity index (χ3v) is 3.62. The van der Waals surface area contributed by atoms with Crippen molar-refractivity contribution >= 4 is 29.1 Å². The molecule has 1 saturated heterocycles. The minimum Gasteiger partial charge on any atom is -0.377 e. The molecule has 0 aliphatic carbocycles. The Balaban J connectivity index is 1.91. The second-order valence-electron chi connectivity index (χ2n) is 4.41. The van der Waals surface area contributed by atoms with Crippen LogP contribution in [-0.4, -0.2) is 47.5 Å². The van der Waals surface area contributed by atoms with Crippen molar-refractivity contribution in [3.63, 3.8) is 0 Å². The van der Waals surface area contributed by atoms with Crippen LogP contribution in [0.3, 0.4) is 0 Å². The number of aromatic nitrogens is 1. The van der Waals surface area contributed by atoms with Crippen LogP contribution >= 0.6 is 23.2 Å². The van der Waals surface area contributed by atoms with Crippen molar-refractivity contribution in [3.05, 3.63) is 29.0 Å². The molecule has 2 heterocycles. The molecule has 1 aliphatic rings. The molecule has 1 fully saturated rings. The standard InChI is InChI=1S/C13H16Cl2N2O2/c14-4-8-19-10-2-6-17(7-3-10)13(18)11-1-5-16-9-12(11)15/h1,5,9-10H,2-4,6-8H2. The van der Waals surface area contributed by atoms with Crippen LogP contribution in [0, 0.1) is 0 Å². The summed E-state index contributed by atoms with van der Waals surface area (Å²) in [7, 11) is 0. The number of rotatable bonds is 4. The van der Waals surface area contributed by atoms with E-state index in [0.717, 1.165) is 12.8 Å².